The highest BCUT2D eigenvalue weighted by molar-refractivity contribution is 7.99. The average molecular weight is 1960 g/mol. The van der Waals surface area contributed by atoms with Crippen LogP contribution in [0.1, 0.15) is 201 Å². The van der Waals surface area contributed by atoms with Gasteiger partial charge in [0.2, 0.25) is 9.84 Å². The summed E-state index contributed by atoms with van der Waals surface area (Å²) >= 11 is 1.59. The van der Waals surface area contributed by atoms with Gasteiger partial charge in [-0.15, -0.1) is 0 Å². The van der Waals surface area contributed by atoms with Crippen LogP contribution in [-0.4, -0.2) is 61.3 Å². The molecule has 0 amide bonds. The van der Waals surface area contributed by atoms with Crippen LogP contribution in [0.2, 0.25) is 0 Å². The Kier molecular flexibility index (Phi) is 33.7. The zero-order valence-corrected chi connectivity index (χ0v) is 85.0. The summed E-state index contributed by atoms with van der Waals surface area (Å²) in [6, 6.07) is 83.9. The minimum absolute atomic E-state index is 0.0414. The molecule has 4 fully saturated rings. The summed E-state index contributed by atoms with van der Waals surface area (Å²) in [4.78, 5) is 1.48. The van der Waals surface area contributed by atoms with E-state index in [2.05, 4.69) is 107 Å². The van der Waals surface area contributed by atoms with Gasteiger partial charge in [0.25, 0.3) is 0 Å². The summed E-state index contributed by atoms with van der Waals surface area (Å²) in [5.74, 6) is 5.40. The van der Waals surface area contributed by atoms with Crippen LogP contribution in [-0.2, 0) is 69.4 Å². The lowest BCUT2D eigenvalue weighted by Gasteiger charge is -2.27. The normalized spacial score (nSPS) is 14.8. The zero-order chi connectivity index (χ0) is 95.7. The molecular weight excluding hydrogens is 1840 g/mol. The predicted octanol–water partition coefficient (Wildman–Crippen LogP) is 29.6. The molecule has 0 aliphatic carbocycles. The van der Waals surface area contributed by atoms with Crippen LogP contribution in [0.5, 0.6) is 69.0 Å². The van der Waals surface area contributed by atoms with Gasteiger partial charge in [-0.25, -0.2) is 8.42 Å². The summed E-state index contributed by atoms with van der Waals surface area (Å²) < 4.78 is 161. The van der Waals surface area contributed by atoms with Gasteiger partial charge in [0.1, 0.15) is 78.8 Å². The van der Waals surface area contributed by atoms with E-state index in [0.29, 0.717) is 145 Å². The fourth-order valence-corrected chi connectivity index (χ4v) is 22.0. The first-order valence-corrected chi connectivity index (χ1v) is 52.6. The summed E-state index contributed by atoms with van der Waals surface area (Å²) in [7, 11) is -13.6. The van der Waals surface area contributed by atoms with Crippen molar-refractivity contribution < 1.29 is 101 Å². The minimum Gasteiger partial charge on any atom is -0.408 e. The van der Waals surface area contributed by atoms with Crippen molar-refractivity contribution in [2.45, 2.75) is 203 Å². The van der Waals surface area contributed by atoms with E-state index in [9.17, 15) is 0 Å². The average Bonchev–Trinajstić information content (AvgIpc) is 1.21. The standard InChI is InChI=1S/C58H64O16P2S.C50H56O6P2S/c1-7-57(3,4)39-25-27-49(73-75(69-45-21-13-9-17-41(45)53-61-29-30-62-53)70-46-22-14-10-18-42(46)54-63-31-32-64-54)51(37-39)77(59,60)52-38-40(58(5,6)8-2)26-28-50(52)74-76(71-47-23-15-11-19-43(47)55-65-33-34-66-55)72-48-24-16-12-20-44(48)56-67-35-36-68-56;1-11-49(7,8)39-29-31-45(55-57(51-41-25-17-13-21-35(41)3)52-42-26-18-14-22-36(42)4)47(33-39)59-48-34-40(50(9,10)12-2)30-32-46(48)56-58(53-43-27-19-15-23-37(43)5)54-44-28-20-16-24-38(44)6/h9-28,37-38,53-56H,7-8,29-36H2,1-6H3;13-34H,11-12H2,1-10H3. The highest BCUT2D eigenvalue weighted by Gasteiger charge is 2.40. The zero-order valence-electron chi connectivity index (χ0n) is 79.8. The van der Waals surface area contributed by atoms with E-state index in [1.54, 1.807) is 60.3 Å². The molecule has 716 valence electrons. The molecule has 4 heterocycles. The summed E-state index contributed by atoms with van der Waals surface area (Å²) in [5, 5.41) is 0. The lowest BCUT2D eigenvalue weighted by Crippen LogP contribution is -2.18. The van der Waals surface area contributed by atoms with Gasteiger partial charge in [0.15, 0.2) is 25.2 Å². The van der Waals surface area contributed by atoms with Crippen LogP contribution in [0.4, 0.5) is 0 Å². The number of aryl methyl sites for hydroxylation is 4. The van der Waals surface area contributed by atoms with Crippen LogP contribution in [0.25, 0.3) is 0 Å². The van der Waals surface area contributed by atoms with Crippen molar-refractivity contribution in [2.75, 3.05) is 52.9 Å². The molecule has 0 N–H and O–H groups in total. The van der Waals surface area contributed by atoms with Crippen molar-refractivity contribution in [3.63, 3.8) is 0 Å². The van der Waals surface area contributed by atoms with E-state index in [1.165, 1.54) is 11.1 Å². The number of hydrogen-bond acceptors (Lipinski definition) is 23. The van der Waals surface area contributed by atoms with Gasteiger partial charge in [-0.1, -0.05) is 265 Å². The van der Waals surface area contributed by atoms with Crippen LogP contribution < -0.4 is 54.3 Å². The number of para-hydroxylation sites is 8. The summed E-state index contributed by atoms with van der Waals surface area (Å²) in [6.07, 6.45) is 0.456. The summed E-state index contributed by atoms with van der Waals surface area (Å²) in [6.45, 7) is 37.1. The van der Waals surface area contributed by atoms with E-state index in [0.717, 1.165) is 56.0 Å². The smallest absolute Gasteiger partial charge is 0.408 e. The second-order valence-corrected chi connectivity index (χ2v) is 42.6. The van der Waals surface area contributed by atoms with E-state index in [-0.39, 0.29) is 32.1 Å². The Morgan fingerprint density at radius 2 is 0.449 bits per heavy atom. The molecule has 22 nitrogen and oxygen atoms in total. The largest absolute Gasteiger partial charge is 0.530 e. The molecule has 0 radical (unpaired) electrons. The van der Waals surface area contributed by atoms with Crippen molar-refractivity contribution in [3.05, 3.63) is 334 Å². The lowest BCUT2D eigenvalue weighted by molar-refractivity contribution is -0.0456. The Hall–Kier alpha value is -10.1. The van der Waals surface area contributed by atoms with E-state index < -0.39 is 80.2 Å². The van der Waals surface area contributed by atoms with E-state index in [1.807, 2.05) is 222 Å². The van der Waals surface area contributed by atoms with Gasteiger partial charge in [0, 0.05) is 0 Å². The van der Waals surface area contributed by atoms with Gasteiger partial charge in [-0.2, -0.15) is 0 Å². The molecule has 12 aromatic carbocycles. The Balaban J connectivity index is 0.000000215. The molecule has 0 aromatic heterocycles. The van der Waals surface area contributed by atoms with Gasteiger partial charge < -0.3 is 92.2 Å². The van der Waals surface area contributed by atoms with Crippen molar-refractivity contribution in [1.82, 2.24) is 0 Å². The molecule has 4 saturated heterocycles. The number of sulfone groups is 1. The monoisotopic (exact) mass is 1960 g/mol. The van der Waals surface area contributed by atoms with Crippen LogP contribution >= 0.6 is 46.2 Å². The van der Waals surface area contributed by atoms with E-state index >= 15 is 8.42 Å². The van der Waals surface area contributed by atoms with Crippen molar-refractivity contribution in [1.29, 1.82) is 0 Å². The van der Waals surface area contributed by atoms with Crippen molar-refractivity contribution in [2.24, 2.45) is 0 Å². The quantitative estimate of drug-likeness (QED) is 0.0326. The molecule has 12 aromatic rings. The maximum absolute atomic E-state index is 16.3. The fraction of sp³-hybridized carbons (Fsp3) is 0.333. The third-order valence-electron chi connectivity index (χ3n) is 24.9. The third-order valence-corrected chi connectivity index (χ3v) is 31.9. The molecule has 136 heavy (non-hydrogen) atoms. The highest BCUT2D eigenvalue weighted by atomic mass is 32.2. The maximum atomic E-state index is 16.3. The molecular formula is C108H120O22P4S2. The number of rotatable bonds is 40. The third kappa shape index (κ3) is 25.0. The molecule has 0 spiro atoms. The molecule has 0 saturated carbocycles. The first-order valence-electron chi connectivity index (χ1n) is 46.0. The first-order chi connectivity index (χ1) is 65.6. The molecule has 28 heteroatoms. The maximum Gasteiger partial charge on any atom is 0.530 e. The van der Waals surface area contributed by atoms with Crippen molar-refractivity contribution in [3.8, 4) is 69.0 Å². The number of benzene rings is 12. The Morgan fingerprint density at radius 1 is 0.257 bits per heavy atom. The fourth-order valence-electron chi connectivity index (χ4n) is 14.7. The van der Waals surface area contributed by atoms with Gasteiger partial charge in [0.05, 0.1) is 84.9 Å². The van der Waals surface area contributed by atoms with Crippen LogP contribution in [0.3, 0.4) is 0 Å². The number of hydrogen-bond donors (Lipinski definition) is 0. The van der Waals surface area contributed by atoms with Gasteiger partial charge in [-0.05, 0) is 217 Å². The molecule has 0 atom stereocenters. The molecule has 4 aliphatic rings. The molecule has 16 rings (SSSR count). The Labute approximate surface area is 809 Å². The van der Waals surface area contributed by atoms with Crippen LogP contribution in [0.15, 0.2) is 287 Å². The SMILES string of the molecule is CCC(C)(C)c1ccc(OP(Oc2ccccc2C)Oc2ccccc2C)c(Sc2cc(C(C)(C)CC)ccc2OP(Oc2ccccc2C)Oc2ccccc2C)c1.CCC(C)(C)c1ccc(OP(Oc2ccccc2C2OCCO2)Oc2ccccc2C2OCCO2)c(S(=O)(=O)c2cc(C(C)(C)CC)ccc2OP(Oc2ccccc2C2OCCO2)Oc2ccccc2C2OCCO2)c1. The van der Waals surface area contributed by atoms with Gasteiger partial charge in [-0.3, -0.25) is 0 Å². The lowest BCUT2D eigenvalue weighted by atomic mass is 9.82. The highest BCUT2D eigenvalue weighted by Crippen LogP contribution is 2.57. The second-order valence-electron chi connectivity index (χ2n) is 35.7. The topological polar surface area (TPSA) is 219 Å². The first kappa shape index (κ1) is 100. The van der Waals surface area contributed by atoms with E-state index in [4.69, 9.17) is 92.2 Å². The Bertz CT molecular complexity index is 5570. The molecule has 4 aliphatic heterocycles. The summed E-state index contributed by atoms with van der Waals surface area (Å²) in [5.41, 5.74) is 9.13. The van der Waals surface area contributed by atoms with Crippen LogP contribution in [0, 0.1) is 27.7 Å². The second kappa shape index (κ2) is 45.7. The molecule has 0 bridgehead atoms. The Morgan fingerprint density at radius 3 is 0.684 bits per heavy atom. The predicted molar refractivity (Wildman–Crippen MR) is 533 cm³/mol. The molecule has 0 unspecified atom stereocenters. The van der Waals surface area contributed by atoms with Crippen molar-refractivity contribution >= 4 is 56.0 Å². The minimum atomic E-state index is -4.66. The number of ether oxygens (including phenoxy) is 8. The van der Waals surface area contributed by atoms with Gasteiger partial charge >= 0.3 is 34.4 Å².